The zero-order valence-electron chi connectivity index (χ0n) is 17.6. The Morgan fingerprint density at radius 3 is 2.60 bits per heavy atom. The highest BCUT2D eigenvalue weighted by Gasteiger charge is 2.26. The van der Waals surface area contributed by atoms with Crippen molar-refractivity contribution in [1.82, 2.24) is 10.2 Å². The fraction of sp³-hybridized carbons (Fsp3) is 0.391. The first-order chi connectivity index (χ1) is 14.3. The molecule has 7 heteroatoms. The number of rotatable bonds is 10. The van der Waals surface area contributed by atoms with Gasteiger partial charge in [0.1, 0.15) is 11.8 Å². The number of aryl methyl sites for hydroxylation is 1. The fourth-order valence-electron chi connectivity index (χ4n) is 2.89. The van der Waals surface area contributed by atoms with Gasteiger partial charge in [-0.2, -0.15) is 0 Å². The maximum Gasteiger partial charge on any atom is 0.261 e. The molecule has 0 aliphatic rings. The summed E-state index contributed by atoms with van der Waals surface area (Å²) in [7, 11) is 0. The summed E-state index contributed by atoms with van der Waals surface area (Å²) >= 11 is 6.92. The third-order valence-electron chi connectivity index (χ3n) is 4.73. The first-order valence-corrected chi connectivity index (χ1v) is 11.6. The molecule has 0 fully saturated rings. The number of benzene rings is 2. The van der Waals surface area contributed by atoms with Crippen LogP contribution in [0.5, 0.6) is 5.75 Å². The molecule has 1 atom stereocenters. The fourth-order valence-corrected chi connectivity index (χ4v) is 3.58. The molecule has 0 aromatic heterocycles. The monoisotopic (exact) mass is 538 g/mol. The van der Waals surface area contributed by atoms with Crippen LogP contribution in [0.3, 0.4) is 0 Å². The SMILES string of the molecule is CCCCNC(=O)[C@H](C)N(Cc1cccc(Br)c1)C(=O)COc1ccc(Br)c(C)c1. The average Bonchev–Trinajstić information content (AvgIpc) is 2.72. The summed E-state index contributed by atoms with van der Waals surface area (Å²) < 4.78 is 7.63. The second-order valence-electron chi connectivity index (χ2n) is 7.17. The van der Waals surface area contributed by atoms with Gasteiger partial charge in [0.2, 0.25) is 5.91 Å². The summed E-state index contributed by atoms with van der Waals surface area (Å²) in [4.78, 5) is 27.2. The predicted molar refractivity (Wildman–Crippen MR) is 126 cm³/mol. The number of unbranched alkanes of at least 4 members (excludes halogenated alkanes) is 1. The van der Waals surface area contributed by atoms with Crippen molar-refractivity contribution < 1.29 is 14.3 Å². The van der Waals surface area contributed by atoms with Crippen LogP contribution in [0.15, 0.2) is 51.4 Å². The Bertz CT molecular complexity index is 873. The molecule has 30 heavy (non-hydrogen) atoms. The molecule has 0 unspecified atom stereocenters. The molecule has 2 aromatic carbocycles. The largest absolute Gasteiger partial charge is 0.484 e. The van der Waals surface area contributed by atoms with Crippen LogP contribution < -0.4 is 10.1 Å². The molecule has 1 N–H and O–H groups in total. The lowest BCUT2D eigenvalue weighted by atomic mass is 10.1. The van der Waals surface area contributed by atoms with Gasteiger partial charge < -0.3 is 15.0 Å². The summed E-state index contributed by atoms with van der Waals surface area (Å²) in [6, 6.07) is 12.7. The maximum absolute atomic E-state index is 13.0. The number of carbonyl (C=O) groups is 2. The van der Waals surface area contributed by atoms with Crippen molar-refractivity contribution in [2.24, 2.45) is 0 Å². The minimum atomic E-state index is -0.608. The highest BCUT2D eigenvalue weighted by Crippen LogP contribution is 2.22. The van der Waals surface area contributed by atoms with E-state index in [1.165, 1.54) is 0 Å². The van der Waals surface area contributed by atoms with Gasteiger partial charge >= 0.3 is 0 Å². The first-order valence-electron chi connectivity index (χ1n) is 10.0. The van der Waals surface area contributed by atoms with Crippen molar-refractivity contribution in [3.63, 3.8) is 0 Å². The molecule has 5 nitrogen and oxygen atoms in total. The quantitative estimate of drug-likeness (QED) is 0.420. The molecule has 0 saturated heterocycles. The summed E-state index contributed by atoms with van der Waals surface area (Å²) in [6.45, 7) is 6.57. The number of nitrogens with one attached hydrogen (secondary N) is 1. The Labute approximate surface area is 195 Å². The van der Waals surface area contributed by atoms with Crippen LogP contribution in [0, 0.1) is 6.92 Å². The molecule has 0 aliphatic carbocycles. The lowest BCUT2D eigenvalue weighted by molar-refractivity contribution is -0.142. The van der Waals surface area contributed by atoms with Crippen molar-refractivity contribution >= 4 is 43.7 Å². The van der Waals surface area contributed by atoms with E-state index in [1.807, 2.05) is 49.4 Å². The molecule has 2 amide bonds. The van der Waals surface area contributed by atoms with Gasteiger partial charge in [0.15, 0.2) is 6.61 Å². The molecule has 0 bridgehead atoms. The molecule has 0 spiro atoms. The number of ether oxygens (including phenoxy) is 1. The van der Waals surface area contributed by atoms with Crippen molar-refractivity contribution in [3.05, 3.63) is 62.5 Å². The molecular weight excluding hydrogens is 512 g/mol. The standard InChI is InChI=1S/C23H28Br2N2O3/c1-4-5-11-26-23(29)17(3)27(14-18-7-6-8-19(24)13-18)22(28)15-30-20-9-10-21(25)16(2)12-20/h6-10,12-13,17H,4-5,11,14-15H2,1-3H3,(H,26,29)/t17-/m0/s1. The highest BCUT2D eigenvalue weighted by atomic mass is 79.9. The van der Waals surface area contributed by atoms with Gasteiger partial charge in [0.05, 0.1) is 0 Å². The van der Waals surface area contributed by atoms with E-state index < -0.39 is 6.04 Å². The molecule has 0 aliphatic heterocycles. The lowest BCUT2D eigenvalue weighted by Crippen LogP contribution is -2.49. The van der Waals surface area contributed by atoms with Crippen molar-refractivity contribution in [3.8, 4) is 5.75 Å². The van der Waals surface area contributed by atoms with Crippen LogP contribution in [0.25, 0.3) is 0 Å². The van der Waals surface area contributed by atoms with Gasteiger partial charge in [0, 0.05) is 22.0 Å². The van der Waals surface area contributed by atoms with Crippen molar-refractivity contribution in [1.29, 1.82) is 0 Å². The Morgan fingerprint density at radius 1 is 1.17 bits per heavy atom. The summed E-state index contributed by atoms with van der Waals surface area (Å²) in [5, 5.41) is 2.92. The van der Waals surface area contributed by atoms with Gasteiger partial charge in [-0.05, 0) is 61.7 Å². The van der Waals surface area contributed by atoms with Gasteiger partial charge in [-0.15, -0.1) is 0 Å². The van der Waals surface area contributed by atoms with Crippen molar-refractivity contribution in [2.45, 2.75) is 46.2 Å². The Kier molecular flexibility index (Phi) is 9.85. The van der Waals surface area contributed by atoms with E-state index in [9.17, 15) is 9.59 Å². The third kappa shape index (κ3) is 7.43. The summed E-state index contributed by atoms with van der Waals surface area (Å²) in [5.41, 5.74) is 1.96. The van der Waals surface area contributed by atoms with E-state index in [1.54, 1.807) is 11.8 Å². The van der Waals surface area contributed by atoms with E-state index >= 15 is 0 Å². The molecule has 162 valence electrons. The number of carbonyl (C=O) groups excluding carboxylic acids is 2. The van der Waals surface area contributed by atoms with Crippen LogP contribution in [0.1, 0.15) is 37.8 Å². The van der Waals surface area contributed by atoms with E-state index in [-0.39, 0.29) is 18.4 Å². The Morgan fingerprint density at radius 2 is 1.93 bits per heavy atom. The second kappa shape index (κ2) is 12.1. The normalized spacial score (nSPS) is 11.6. The Hall–Kier alpha value is -1.86. The number of nitrogens with zero attached hydrogens (tertiary/aromatic N) is 1. The van der Waals surface area contributed by atoms with Crippen LogP contribution in [-0.4, -0.2) is 35.9 Å². The topological polar surface area (TPSA) is 58.6 Å². The highest BCUT2D eigenvalue weighted by molar-refractivity contribution is 9.10. The first kappa shape index (κ1) is 24.4. The summed E-state index contributed by atoms with van der Waals surface area (Å²) in [6.07, 6.45) is 1.90. The Balaban J connectivity index is 2.12. The second-order valence-corrected chi connectivity index (χ2v) is 8.94. The molecule has 0 radical (unpaired) electrons. The van der Waals surface area contributed by atoms with Gasteiger partial charge in [-0.1, -0.05) is 57.3 Å². The zero-order valence-corrected chi connectivity index (χ0v) is 20.8. The zero-order chi connectivity index (χ0) is 22.1. The van der Waals surface area contributed by atoms with Gasteiger partial charge in [-0.25, -0.2) is 0 Å². The number of amides is 2. The van der Waals surface area contributed by atoms with Crippen LogP contribution >= 0.6 is 31.9 Å². The van der Waals surface area contributed by atoms with Gasteiger partial charge in [0.25, 0.3) is 5.91 Å². The molecule has 2 aromatic rings. The number of hydrogen-bond acceptors (Lipinski definition) is 3. The average molecular weight is 540 g/mol. The molecule has 0 heterocycles. The molecule has 0 saturated carbocycles. The molecule has 2 rings (SSSR count). The van der Waals surface area contributed by atoms with Crippen LogP contribution in [0.4, 0.5) is 0 Å². The van der Waals surface area contributed by atoms with Gasteiger partial charge in [-0.3, -0.25) is 9.59 Å². The molecular formula is C23H28Br2N2O3. The minimum Gasteiger partial charge on any atom is -0.484 e. The predicted octanol–water partition coefficient (Wildman–Crippen LogP) is 5.23. The third-order valence-corrected chi connectivity index (χ3v) is 6.11. The minimum absolute atomic E-state index is 0.137. The van der Waals surface area contributed by atoms with E-state index in [0.717, 1.165) is 32.9 Å². The smallest absolute Gasteiger partial charge is 0.261 e. The summed E-state index contributed by atoms with van der Waals surface area (Å²) in [5.74, 6) is 0.214. The van der Waals surface area contributed by atoms with Crippen molar-refractivity contribution in [2.75, 3.05) is 13.2 Å². The number of halogens is 2. The lowest BCUT2D eigenvalue weighted by Gasteiger charge is -2.29. The van der Waals surface area contributed by atoms with E-state index in [2.05, 4.69) is 44.1 Å². The van der Waals surface area contributed by atoms with Crippen LogP contribution in [0.2, 0.25) is 0 Å². The van der Waals surface area contributed by atoms with E-state index in [4.69, 9.17) is 4.74 Å². The number of hydrogen-bond donors (Lipinski definition) is 1. The maximum atomic E-state index is 13.0. The van der Waals surface area contributed by atoms with Crippen LogP contribution in [-0.2, 0) is 16.1 Å². The van der Waals surface area contributed by atoms with E-state index in [0.29, 0.717) is 18.8 Å².